The minimum atomic E-state index is -0.523. The number of halogens is 2. The van der Waals surface area contributed by atoms with E-state index in [1.807, 2.05) is 6.92 Å². The van der Waals surface area contributed by atoms with Crippen molar-refractivity contribution in [2.75, 3.05) is 17.2 Å². The van der Waals surface area contributed by atoms with Crippen LogP contribution >= 0.6 is 11.8 Å². The molecule has 0 N–H and O–H groups in total. The molecule has 0 unspecified atom stereocenters. The highest BCUT2D eigenvalue weighted by Crippen LogP contribution is 2.24. The molecule has 0 atom stereocenters. The van der Waals surface area contributed by atoms with Crippen molar-refractivity contribution in [3.63, 3.8) is 0 Å². The Hall–Kier alpha value is -2.21. The molecule has 6 heteroatoms. The van der Waals surface area contributed by atoms with Gasteiger partial charge in [0.1, 0.15) is 11.6 Å². The topological polar surface area (TPSA) is 37.4 Å². The predicted octanol–water partition coefficient (Wildman–Crippen LogP) is 4.31. The normalized spacial score (nSPS) is 10.5. The molecule has 2 rings (SSSR count). The summed E-state index contributed by atoms with van der Waals surface area (Å²) < 4.78 is 27.0. The summed E-state index contributed by atoms with van der Waals surface area (Å²) in [5.41, 5.74) is 0.890. The van der Waals surface area contributed by atoms with Crippen molar-refractivity contribution >= 4 is 29.1 Å². The van der Waals surface area contributed by atoms with Crippen LogP contribution in [-0.2, 0) is 4.79 Å². The van der Waals surface area contributed by atoms with Crippen molar-refractivity contribution in [3.05, 3.63) is 59.7 Å². The molecule has 1 amide bonds. The number of rotatable bonds is 6. The lowest BCUT2D eigenvalue weighted by Crippen LogP contribution is -2.32. The molecule has 0 aromatic heterocycles. The van der Waals surface area contributed by atoms with Crippen LogP contribution < -0.4 is 4.90 Å². The Morgan fingerprint density at radius 3 is 2.29 bits per heavy atom. The molecular weight excluding hydrogens is 332 g/mol. The van der Waals surface area contributed by atoms with Crippen LogP contribution in [0.3, 0.4) is 0 Å². The molecule has 0 fully saturated rings. The molecule has 0 heterocycles. The highest BCUT2D eigenvalue weighted by molar-refractivity contribution is 8.00. The highest BCUT2D eigenvalue weighted by Gasteiger charge is 2.16. The zero-order valence-corrected chi connectivity index (χ0v) is 14.2. The summed E-state index contributed by atoms with van der Waals surface area (Å²) in [6.07, 6.45) is 0. The molecular formula is C18H17F2NO2S. The third-order valence-electron chi connectivity index (χ3n) is 3.45. The van der Waals surface area contributed by atoms with Gasteiger partial charge >= 0.3 is 0 Å². The SMILES string of the molecule is CCN(C(=O)CSc1ccc(C(C)=O)cc1F)c1ccc(F)cc1. The van der Waals surface area contributed by atoms with E-state index in [4.69, 9.17) is 0 Å². The van der Waals surface area contributed by atoms with Crippen LogP contribution in [0.4, 0.5) is 14.5 Å². The Bertz CT molecular complexity index is 747. The minimum absolute atomic E-state index is 0.0432. The fourth-order valence-electron chi connectivity index (χ4n) is 2.18. The van der Waals surface area contributed by atoms with Gasteiger partial charge in [-0.1, -0.05) is 6.07 Å². The van der Waals surface area contributed by atoms with E-state index in [1.165, 1.54) is 54.3 Å². The van der Waals surface area contributed by atoms with Gasteiger partial charge in [-0.15, -0.1) is 11.8 Å². The molecule has 126 valence electrons. The van der Waals surface area contributed by atoms with Crippen LogP contribution in [0.15, 0.2) is 47.4 Å². The van der Waals surface area contributed by atoms with E-state index in [-0.39, 0.29) is 23.3 Å². The average Bonchev–Trinajstić information content (AvgIpc) is 2.56. The van der Waals surface area contributed by atoms with Crippen molar-refractivity contribution in [2.45, 2.75) is 18.7 Å². The van der Waals surface area contributed by atoms with Crippen molar-refractivity contribution in [1.29, 1.82) is 0 Å². The second-order valence-electron chi connectivity index (χ2n) is 5.10. The number of ketones is 1. The molecule has 0 aliphatic heterocycles. The summed E-state index contributed by atoms with van der Waals surface area (Å²) in [5.74, 6) is -1.27. The lowest BCUT2D eigenvalue weighted by Gasteiger charge is -2.21. The van der Waals surface area contributed by atoms with Crippen LogP contribution in [0.1, 0.15) is 24.2 Å². The molecule has 2 aromatic rings. The van der Waals surface area contributed by atoms with E-state index in [0.29, 0.717) is 22.7 Å². The fraction of sp³-hybridized carbons (Fsp3) is 0.222. The average molecular weight is 349 g/mol. The summed E-state index contributed by atoms with van der Waals surface area (Å²) in [4.78, 5) is 25.4. The second-order valence-corrected chi connectivity index (χ2v) is 6.12. The lowest BCUT2D eigenvalue weighted by molar-refractivity contribution is -0.116. The Morgan fingerprint density at radius 1 is 1.08 bits per heavy atom. The van der Waals surface area contributed by atoms with E-state index in [0.717, 1.165) is 11.8 Å². The van der Waals surface area contributed by atoms with Crippen LogP contribution in [0, 0.1) is 11.6 Å². The third kappa shape index (κ3) is 4.41. The molecule has 3 nitrogen and oxygen atoms in total. The number of nitrogens with zero attached hydrogens (tertiary/aromatic N) is 1. The highest BCUT2D eigenvalue weighted by atomic mass is 32.2. The molecule has 0 aliphatic carbocycles. The zero-order chi connectivity index (χ0) is 17.7. The van der Waals surface area contributed by atoms with Crippen molar-refractivity contribution in [1.82, 2.24) is 0 Å². The molecule has 0 spiro atoms. The molecule has 0 radical (unpaired) electrons. The van der Waals surface area contributed by atoms with Gasteiger partial charge in [-0.05, 0) is 50.2 Å². The van der Waals surface area contributed by atoms with Crippen molar-refractivity contribution in [2.24, 2.45) is 0 Å². The Labute approximate surface area is 143 Å². The Kier molecular flexibility index (Phi) is 6.09. The number of carbonyl (C=O) groups excluding carboxylic acids is 2. The summed E-state index contributed by atoms with van der Waals surface area (Å²) in [5, 5.41) is 0. The standard InChI is InChI=1S/C18H17F2NO2S/c1-3-21(15-7-5-14(19)6-8-15)18(23)11-24-17-9-4-13(12(2)22)10-16(17)20/h4-10H,3,11H2,1-2H3. The van der Waals surface area contributed by atoms with Gasteiger partial charge in [0.05, 0.1) is 5.75 Å². The van der Waals surface area contributed by atoms with Crippen LogP contribution in [0.25, 0.3) is 0 Å². The maximum absolute atomic E-state index is 14.0. The monoisotopic (exact) mass is 349 g/mol. The summed E-state index contributed by atoms with van der Waals surface area (Å²) in [6.45, 7) is 3.61. The van der Waals surface area contributed by atoms with Gasteiger partial charge < -0.3 is 4.90 Å². The molecule has 0 saturated carbocycles. The van der Waals surface area contributed by atoms with Gasteiger partial charge in [0.2, 0.25) is 5.91 Å². The number of hydrogen-bond acceptors (Lipinski definition) is 3. The molecule has 0 bridgehead atoms. The van der Waals surface area contributed by atoms with Crippen LogP contribution in [-0.4, -0.2) is 24.0 Å². The number of anilines is 1. The van der Waals surface area contributed by atoms with Gasteiger partial charge in [-0.2, -0.15) is 0 Å². The van der Waals surface area contributed by atoms with E-state index >= 15 is 0 Å². The van der Waals surface area contributed by atoms with Gasteiger partial charge in [0.25, 0.3) is 0 Å². The van der Waals surface area contributed by atoms with Crippen molar-refractivity contribution in [3.8, 4) is 0 Å². The number of hydrogen-bond donors (Lipinski definition) is 0. The Balaban J connectivity index is 2.06. The molecule has 0 aliphatic rings. The lowest BCUT2D eigenvalue weighted by atomic mass is 10.1. The first-order valence-corrected chi connectivity index (χ1v) is 8.40. The summed E-state index contributed by atoms with van der Waals surface area (Å²) >= 11 is 1.07. The number of thioether (sulfide) groups is 1. The summed E-state index contributed by atoms with van der Waals surface area (Å²) in [6, 6.07) is 9.85. The smallest absolute Gasteiger partial charge is 0.237 e. The van der Waals surface area contributed by atoms with Gasteiger partial charge in [0, 0.05) is 22.7 Å². The minimum Gasteiger partial charge on any atom is -0.312 e. The van der Waals surface area contributed by atoms with Crippen LogP contribution in [0.2, 0.25) is 0 Å². The quantitative estimate of drug-likeness (QED) is 0.576. The zero-order valence-electron chi connectivity index (χ0n) is 13.4. The van der Waals surface area contributed by atoms with E-state index in [9.17, 15) is 18.4 Å². The second kappa shape index (κ2) is 8.06. The van der Waals surface area contributed by atoms with E-state index in [1.54, 1.807) is 0 Å². The third-order valence-corrected chi connectivity index (χ3v) is 4.48. The predicted molar refractivity (Wildman–Crippen MR) is 91.6 cm³/mol. The van der Waals surface area contributed by atoms with Gasteiger partial charge in [0.15, 0.2) is 5.78 Å². The first-order chi connectivity index (χ1) is 11.4. The number of carbonyl (C=O) groups is 2. The van der Waals surface area contributed by atoms with Gasteiger partial charge in [-0.25, -0.2) is 8.78 Å². The van der Waals surface area contributed by atoms with Gasteiger partial charge in [-0.3, -0.25) is 9.59 Å². The van der Waals surface area contributed by atoms with E-state index < -0.39 is 5.82 Å². The molecule has 0 saturated heterocycles. The van der Waals surface area contributed by atoms with Crippen molar-refractivity contribution < 1.29 is 18.4 Å². The maximum Gasteiger partial charge on any atom is 0.237 e. The number of benzene rings is 2. The van der Waals surface area contributed by atoms with Crippen LogP contribution in [0.5, 0.6) is 0 Å². The first kappa shape index (κ1) is 18.1. The fourth-order valence-corrected chi connectivity index (χ4v) is 2.97. The van der Waals surface area contributed by atoms with E-state index in [2.05, 4.69) is 0 Å². The summed E-state index contributed by atoms with van der Waals surface area (Å²) in [7, 11) is 0. The maximum atomic E-state index is 14.0. The number of amides is 1. The molecule has 24 heavy (non-hydrogen) atoms. The number of Topliss-reactive ketones (excluding diaryl/α,β-unsaturated/α-hetero) is 1. The largest absolute Gasteiger partial charge is 0.312 e. The Morgan fingerprint density at radius 2 is 1.75 bits per heavy atom. The first-order valence-electron chi connectivity index (χ1n) is 7.41. The molecule has 2 aromatic carbocycles.